The van der Waals surface area contributed by atoms with Crippen molar-refractivity contribution in [3.8, 4) is 5.75 Å². The number of hydrazone groups is 1. The Morgan fingerprint density at radius 3 is 2.58 bits per heavy atom. The molecule has 0 radical (unpaired) electrons. The largest absolute Gasteiger partial charge is 0.464 e. The molecule has 3 nitrogen and oxygen atoms in total. The lowest BCUT2D eigenvalue weighted by Gasteiger charge is -2.38. The molecule has 0 aliphatic carbocycles. The van der Waals surface area contributed by atoms with Gasteiger partial charge in [0.2, 0.25) is 6.23 Å². The first-order valence-electron chi connectivity index (χ1n) is 8.72. The summed E-state index contributed by atoms with van der Waals surface area (Å²) in [5.41, 5.74) is 4.02. The van der Waals surface area contributed by atoms with E-state index in [1.165, 1.54) is 12.1 Å². The van der Waals surface area contributed by atoms with E-state index in [1.54, 1.807) is 6.07 Å². The average Bonchev–Trinajstić information content (AvgIpc) is 3.14. The van der Waals surface area contributed by atoms with Crippen LogP contribution >= 0.6 is 0 Å². The van der Waals surface area contributed by atoms with E-state index in [0.29, 0.717) is 0 Å². The lowest BCUT2D eigenvalue weighted by molar-refractivity contribution is -0.0192. The van der Waals surface area contributed by atoms with Crippen LogP contribution in [0.4, 0.5) is 4.39 Å². The molecule has 0 bridgehead atoms. The molecule has 0 saturated heterocycles. The SMILES string of the molecule is Fc1cccc(C2Oc3ccccc3C3CC(c4ccccc4)=NN32)c1. The number of para-hydroxylation sites is 1. The van der Waals surface area contributed by atoms with Crippen LogP contribution in [0.15, 0.2) is 84.0 Å². The fraction of sp³-hybridized carbons (Fsp3) is 0.136. The summed E-state index contributed by atoms with van der Waals surface area (Å²) >= 11 is 0. The van der Waals surface area contributed by atoms with Gasteiger partial charge >= 0.3 is 0 Å². The van der Waals surface area contributed by atoms with Gasteiger partial charge in [-0.05, 0) is 23.8 Å². The average molecular weight is 344 g/mol. The molecule has 0 amide bonds. The number of fused-ring (bicyclic) bond motifs is 3. The number of halogens is 1. The van der Waals surface area contributed by atoms with Crippen LogP contribution in [0, 0.1) is 5.82 Å². The maximum atomic E-state index is 13.8. The van der Waals surface area contributed by atoms with Gasteiger partial charge in [-0.25, -0.2) is 9.40 Å². The standard InChI is InChI=1S/C22H17FN2O/c23-17-10-6-9-16(13-17)22-25-20(18-11-4-5-12-21(18)26-22)14-19(24-25)15-7-2-1-3-8-15/h1-13,20,22H,14H2. The Morgan fingerprint density at radius 1 is 0.923 bits per heavy atom. The zero-order valence-electron chi connectivity index (χ0n) is 14.0. The van der Waals surface area contributed by atoms with Crippen molar-refractivity contribution in [1.29, 1.82) is 0 Å². The van der Waals surface area contributed by atoms with E-state index in [1.807, 2.05) is 47.5 Å². The van der Waals surface area contributed by atoms with Crippen molar-refractivity contribution in [1.82, 2.24) is 5.01 Å². The smallest absolute Gasteiger partial charge is 0.213 e. The topological polar surface area (TPSA) is 24.8 Å². The van der Waals surface area contributed by atoms with Gasteiger partial charge in [0, 0.05) is 17.5 Å². The molecule has 3 aromatic rings. The Kier molecular flexibility index (Phi) is 3.49. The van der Waals surface area contributed by atoms with Crippen LogP contribution in [0.25, 0.3) is 0 Å². The third-order valence-electron chi connectivity index (χ3n) is 4.94. The minimum atomic E-state index is -0.438. The number of hydrogen-bond donors (Lipinski definition) is 0. The summed E-state index contributed by atoms with van der Waals surface area (Å²) in [7, 11) is 0. The molecular weight excluding hydrogens is 327 g/mol. The van der Waals surface area contributed by atoms with Crippen LogP contribution in [-0.4, -0.2) is 10.7 Å². The molecule has 2 unspecified atom stereocenters. The molecule has 0 fully saturated rings. The molecule has 0 spiro atoms. The zero-order chi connectivity index (χ0) is 17.5. The quantitative estimate of drug-likeness (QED) is 0.648. The molecule has 3 aromatic carbocycles. The van der Waals surface area contributed by atoms with Gasteiger partial charge in [-0.3, -0.25) is 0 Å². The molecule has 5 rings (SSSR count). The van der Waals surface area contributed by atoms with E-state index >= 15 is 0 Å². The van der Waals surface area contributed by atoms with Crippen molar-refractivity contribution in [2.24, 2.45) is 5.10 Å². The Labute approximate surface area is 151 Å². The second kappa shape index (κ2) is 5.99. The fourth-order valence-electron chi connectivity index (χ4n) is 3.72. The molecule has 2 atom stereocenters. The van der Waals surface area contributed by atoms with Crippen molar-refractivity contribution in [2.45, 2.75) is 18.7 Å². The van der Waals surface area contributed by atoms with Crippen molar-refractivity contribution in [3.63, 3.8) is 0 Å². The molecule has 2 aliphatic rings. The van der Waals surface area contributed by atoms with Gasteiger partial charge in [0.15, 0.2) is 0 Å². The number of rotatable bonds is 2. The van der Waals surface area contributed by atoms with E-state index in [0.717, 1.165) is 34.6 Å². The van der Waals surface area contributed by atoms with Gasteiger partial charge in [0.25, 0.3) is 0 Å². The summed E-state index contributed by atoms with van der Waals surface area (Å²) in [6, 6.07) is 24.9. The van der Waals surface area contributed by atoms with Crippen LogP contribution < -0.4 is 4.74 Å². The first kappa shape index (κ1) is 15.1. The number of nitrogens with zero attached hydrogens (tertiary/aromatic N) is 2. The van der Waals surface area contributed by atoms with Crippen LogP contribution in [-0.2, 0) is 0 Å². The molecule has 0 N–H and O–H groups in total. The molecule has 128 valence electrons. The first-order chi connectivity index (χ1) is 12.8. The minimum absolute atomic E-state index is 0.0865. The van der Waals surface area contributed by atoms with E-state index in [9.17, 15) is 4.39 Å². The summed E-state index contributed by atoms with van der Waals surface area (Å²) in [5.74, 6) is 0.570. The highest BCUT2D eigenvalue weighted by molar-refractivity contribution is 6.01. The summed E-state index contributed by atoms with van der Waals surface area (Å²) in [6.07, 6.45) is 0.364. The maximum Gasteiger partial charge on any atom is 0.213 e. The monoisotopic (exact) mass is 344 g/mol. The lowest BCUT2D eigenvalue weighted by atomic mass is 9.96. The van der Waals surface area contributed by atoms with Gasteiger partial charge in [0.05, 0.1) is 11.8 Å². The summed E-state index contributed by atoms with van der Waals surface area (Å²) < 4.78 is 20.0. The normalized spacial score (nSPS) is 20.8. The van der Waals surface area contributed by atoms with Crippen LogP contribution in [0.1, 0.15) is 35.4 Å². The summed E-state index contributed by atoms with van der Waals surface area (Å²) in [6.45, 7) is 0. The molecule has 26 heavy (non-hydrogen) atoms. The second-order valence-electron chi connectivity index (χ2n) is 6.58. The third-order valence-corrected chi connectivity index (χ3v) is 4.94. The third kappa shape index (κ3) is 2.46. The summed E-state index contributed by atoms with van der Waals surface area (Å²) in [5, 5.41) is 6.84. The Morgan fingerprint density at radius 2 is 1.73 bits per heavy atom. The predicted octanol–water partition coefficient (Wildman–Crippen LogP) is 5.07. The fourth-order valence-corrected chi connectivity index (χ4v) is 3.72. The van der Waals surface area contributed by atoms with Gasteiger partial charge in [0.1, 0.15) is 11.6 Å². The number of hydrogen-bond acceptors (Lipinski definition) is 3. The van der Waals surface area contributed by atoms with Crippen LogP contribution in [0.2, 0.25) is 0 Å². The van der Waals surface area contributed by atoms with Crippen molar-refractivity contribution < 1.29 is 9.13 Å². The highest BCUT2D eigenvalue weighted by atomic mass is 19.1. The van der Waals surface area contributed by atoms with Crippen LogP contribution in [0.5, 0.6) is 5.75 Å². The number of benzene rings is 3. The maximum absolute atomic E-state index is 13.8. The van der Waals surface area contributed by atoms with E-state index < -0.39 is 6.23 Å². The predicted molar refractivity (Wildman–Crippen MR) is 98.4 cm³/mol. The Bertz CT molecular complexity index is 986. The molecule has 0 saturated carbocycles. The highest BCUT2D eigenvalue weighted by Crippen LogP contribution is 2.47. The van der Waals surface area contributed by atoms with Gasteiger partial charge in [-0.15, -0.1) is 0 Å². The molecule has 4 heteroatoms. The van der Waals surface area contributed by atoms with Gasteiger partial charge in [-0.1, -0.05) is 60.7 Å². The number of ether oxygens (including phenoxy) is 1. The lowest BCUT2D eigenvalue weighted by Crippen LogP contribution is -2.33. The molecule has 2 aliphatic heterocycles. The van der Waals surface area contributed by atoms with Crippen LogP contribution in [0.3, 0.4) is 0 Å². The summed E-state index contributed by atoms with van der Waals surface area (Å²) in [4.78, 5) is 0. The van der Waals surface area contributed by atoms with E-state index in [2.05, 4.69) is 18.2 Å². The van der Waals surface area contributed by atoms with Crippen molar-refractivity contribution in [3.05, 3.63) is 101 Å². The zero-order valence-corrected chi connectivity index (χ0v) is 14.0. The molecule has 2 heterocycles. The van der Waals surface area contributed by atoms with Crippen molar-refractivity contribution in [2.75, 3.05) is 0 Å². The van der Waals surface area contributed by atoms with Crippen molar-refractivity contribution >= 4 is 5.71 Å². The first-order valence-corrected chi connectivity index (χ1v) is 8.72. The Balaban J connectivity index is 1.61. The van der Waals surface area contributed by atoms with Gasteiger partial charge < -0.3 is 4.74 Å². The molecule has 0 aromatic heterocycles. The Hall–Kier alpha value is -3.14. The van der Waals surface area contributed by atoms with E-state index in [-0.39, 0.29) is 11.9 Å². The highest BCUT2D eigenvalue weighted by Gasteiger charge is 2.40. The van der Waals surface area contributed by atoms with Gasteiger partial charge in [-0.2, -0.15) is 5.10 Å². The van der Waals surface area contributed by atoms with E-state index in [4.69, 9.17) is 9.84 Å². The minimum Gasteiger partial charge on any atom is -0.464 e. The second-order valence-corrected chi connectivity index (χ2v) is 6.58. The molecular formula is C22H17FN2O.